The predicted octanol–water partition coefficient (Wildman–Crippen LogP) is 4.91. The summed E-state index contributed by atoms with van der Waals surface area (Å²) in [6.07, 6.45) is 5.59. The van der Waals surface area contributed by atoms with Crippen LogP contribution in [0.3, 0.4) is 0 Å². The van der Waals surface area contributed by atoms with E-state index >= 15 is 0 Å². The molecule has 0 radical (unpaired) electrons. The molecule has 7 heteroatoms. The van der Waals surface area contributed by atoms with E-state index < -0.39 is 15.7 Å². The molecule has 0 atom stereocenters. The van der Waals surface area contributed by atoms with Crippen molar-refractivity contribution in [3.05, 3.63) is 29.8 Å². The van der Waals surface area contributed by atoms with E-state index in [0.717, 1.165) is 57.2 Å². The number of unbranched alkanes of at least 4 members (excludes halogenated alkanes) is 2. The van der Waals surface area contributed by atoms with Gasteiger partial charge in [-0.1, -0.05) is 37.0 Å². The molecule has 0 N–H and O–H groups in total. The zero-order chi connectivity index (χ0) is 21.5. The van der Waals surface area contributed by atoms with Gasteiger partial charge < -0.3 is 9.64 Å². The van der Waals surface area contributed by atoms with Crippen molar-refractivity contribution in [1.29, 1.82) is 0 Å². The molecule has 1 aliphatic heterocycles. The molecule has 0 aromatic heterocycles. The van der Waals surface area contributed by atoms with Crippen LogP contribution in [0.5, 0.6) is 0 Å². The van der Waals surface area contributed by atoms with Crippen molar-refractivity contribution in [3.63, 3.8) is 0 Å². The van der Waals surface area contributed by atoms with Gasteiger partial charge in [-0.25, -0.2) is 4.79 Å². The Hall–Kier alpha value is -1.60. The summed E-state index contributed by atoms with van der Waals surface area (Å²) in [4.78, 5) is 14.1. The minimum atomic E-state index is -3.66. The molecular weight excluding hydrogens is 390 g/mol. The largest absolute Gasteiger partial charge is 0.444 e. The van der Waals surface area contributed by atoms with Crippen molar-refractivity contribution >= 4 is 16.2 Å². The van der Waals surface area contributed by atoms with Crippen LogP contribution in [0.15, 0.2) is 29.2 Å². The van der Waals surface area contributed by atoms with Gasteiger partial charge in [-0.3, -0.25) is 4.18 Å². The topological polar surface area (TPSA) is 72.9 Å². The third-order valence-corrected chi connectivity index (χ3v) is 6.40. The zero-order valence-corrected chi connectivity index (χ0v) is 19.0. The Labute approximate surface area is 175 Å². The quantitative estimate of drug-likeness (QED) is 0.437. The van der Waals surface area contributed by atoms with E-state index in [4.69, 9.17) is 8.92 Å². The number of ether oxygens (including phenoxy) is 1. The van der Waals surface area contributed by atoms with E-state index in [-0.39, 0.29) is 17.6 Å². The van der Waals surface area contributed by atoms with Crippen LogP contribution >= 0.6 is 0 Å². The molecular formula is C22H35NO5S. The molecule has 0 unspecified atom stereocenters. The molecule has 1 heterocycles. The maximum atomic E-state index is 12.1. The van der Waals surface area contributed by atoms with Crippen molar-refractivity contribution in [2.45, 2.75) is 76.7 Å². The van der Waals surface area contributed by atoms with Crippen LogP contribution in [0, 0.1) is 12.8 Å². The van der Waals surface area contributed by atoms with E-state index in [9.17, 15) is 13.2 Å². The molecule has 164 valence electrons. The second-order valence-electron chi connectivity index (χ2n) is 8.85. The number of benzene rings is 1. The van der Waals surface area contributed by atoms with Crippen molar-refractivity contribution < 1.29 is 22.1 Å². The standard InChI is InChI=1S/C22H35NO5S/c1-18-9-11-20(12-10-18)29(25,26)27-17-7-5-6-8-19-13-15-23(16-14-19)21(24)28-22(2,3)4/h9-12,19H,5-8,13-17H2,1-4H3. The maximum Gasteiger partial charge on any atom is 0.410 e. The highest BCUT2D eigenvalue weighted by molar-refractivity contribution is 7.86. The molecule has 1 fully saturated rings. The van der Waals surface area contributed by atoms with Gasteiger partial charge in [0.05, 0.1) is 11.5 Å². The Morgan fingerprint density at radius 2 is 1.69 bits per heavy atom. The Kier molecular flexibility index (Phi) is 8.52. The summed E-state index contributed by atoms with van der Waals surface area (Å²) in [5.74, 6) is 0.617. The molecule has 1 saturated heterocycles. The molecule has 0 saturated carbocycles. The number of aryl methyl sites for hydroxylation is 1. The molecule has 1 aromatic rings. The minimum Gasteiger partial charge on any atom is -0.444 e. The Morgan fingerprint density at radius 1 is 1.07 bits per heavy atom. The van der Waals surface area contributed by atoms with E-state index in [2.05, 4.69) is 0 Å². The molecule has 1 aromatic carbocycles. The fourth-order valence-corrected chi connectivity index (χ4v) is 4.33. The molecule has 1 aliphatic rings. The van der Waals surface area contributed by atoms with Crippen molar-refractivity contribution in [2.24, 2.45) is 5.92 Å². The molecule has 29 heavy (non-hydrogen) atoms. The van der Waals surface area contributed by atoms with E-state index in [0.29, 0.717) is 5.92 Å². The SMILES string of the molecule is Cc1ccc(S(=O)(=O)OCCCCCC2CCN(C(=O)OC(C)(C)C)CC2)cc1. The molecule has 0 spiro atoms. The normalized spacial score (nSPS) is 16.1. The van der Waals surface area contributed by atoms with Gasteiger partial charge in [0.15, 0.2) is 0 Å². The highest BCUT2D eigenvalue weighted by atomic mass is 32.2. The van der Waals surface area contributed by atoms with Gasteiger partial charge in [0, 0.05) is 13.1 Å². The Morgan fingerprint density at radius 3 is 2.28 bits per heavy atom. The number of piperidine rings is 1. The lowest BCUT2D eigenvalue weighted by Crippen LogP contribution is -2.41. The van der Waals surface area contributed by atoms with Crippen LogP contribution in [-0.2, 0) is 19.0 Å². The first kappa shape index (κ1) is 23.7. The zero-order valence-electron chi connectivity index (χ0n) is 18.1. The van der Waals surface area contributed by atoms with Crippen molar-refractivity contribution in [1.82, 2.24) is 4.90 Å². The molecule has 1 amide bonds. The van der Waals surface area contributed by atoms with Gasteiger partial charge in [-0.2, -0.15) is 8.42 Å². The van der Waals surface area contributed by atoms with Crippen molar-refractivity contribution in [3.8, 4) is 0 Å². The molecule has 0 bridgehead atoms. The number of amides is 1. The number of rotatable bonds is 8. The minimum absolute atomic E-state index is 0.208. The lowest BCUT2D eigenvalue weighted by molar-refractivity contribution is 0.0180. The fourth-order valence-electron chi connectivity index (χ4n) is 3.38. The van der Waals surface area contributed by atoms with E-state index in [1.807, 2.05) is 27.7 Å². The number of hydrogen-bond acceptors (Lipinski definition) is 5. The second-order valence-corrected chi connectivity index (χ2v) is 10.5. The van der Waals surface area contributed by atoms with Gasteiger partial charge in [0.2, 0.25) is 0 Å². The lowest BCUT2D eigenvalue weighted by Gasteiger charge is -2.33. The van der Waals surface area contributed by atoms with Gasteiger partial charge in [0.25, 0.3) is 10.1 Å². The summed E-state index contributed by atoms with van der Waals surface area (Å²) in [7, 11) is -3.66. The Balaban J connectivity index is 1.58. The van der Waals surface area contributed by atoms with E-state index in [1.165, 1.54) is 0 Å². The third kappa shape index (κ3) is 8.34. The van der Waals surface area contributed by atoms with E-state index in [1.54, 1.807) is 29.2 Å². The number of hydrogen-bond donors (Lipinski definition) is 0. The van der Waals surface area contributed by atoms with Gasteiger partial charge in [-0.15, -0.1) is 0 Å². The summed E-state index contributed by atoms with van der Waals surface area (Å²) >= 11 is 0. The average molecular weight is 426 g/mol. The summed E-state index contributed by atoms with van der Waals surface area (Å²) in [5, 5.41) is 0. The number of nitrogens with zero attached hydrogens (tertiary/aromatic N) is 1. The lowest BCUT2D eigenvalue weighted by atomic mass is 9.91. The van der Waals surface area contributed by atoms with Crippen LogP contribution in [0.4, 0.5) is 4.79 Å². The molecule has 0 aliphatic carbocycles. The summed E-state index contributed by atoms with van der Waals surface area (Å²) in [6, 6.07) is 6.69. The first-order chi connectivity index (χ1) is 13.6. The van der Waals surface area contributed by atoms with Crippen molar-refractivity contribution in [2.75, 3.05) is 19.7 Å². The van der Waals surface area contributed by atoms with Gasteiger partial charge in [-0.05, 0) is 65.0 Å². The Bertz CT molecular complexity index is 744. The maximum absolute atomic E-state index is 12.1. The number of carbonyl (C=O) groups excluding carboxylic acids is 1. The van der Waals surface area contributed by atoms with Crippen LogP contribution in [0.25, 0.3) is 0 Å². The molecule has 6 nitrogen and oxygen atoms in total. The average Bonchev–Trinajstić information content (AvgIpc) is 2.64. The highest BCUT2D eigenvalue weighted by Gasteiger charge is 2.26. The third-order valence-electron chi connectivity index (χ3n) is 5.07. The number of carbonyl (C=O) groups is 1. The second kappa shape index (κ2) is 10.4. The summed E-state index contributed by atoms with van der Waals surface area (Å²) < 4.78 is 34.8. The van der Waals surface area contributed by atoms with Crippen LogP contribution < -0.4 is 0 Å². The first-order valence-electron chi connectivity index (χ1n) is 10.5. The van der Waals surface area contributed by atoms with Crippen LogP contribution in [0.2, 0.25) is 0 Å². The first-order valence-corrected chi connectivity index (χ1v) is 11.9. The van der Waals surface area contributed by atoms with Gasteiger partial charge >= 0.3 is 6.09 Å². The van der Waals surface area contributed by atoms with Gasteiger partial charge in [0.1, 0.15) is 5.60 Å². The molecule has 2 rings (SSSR count). The fraction of sp³-hybridized carbons (Fsp3) is 0.682. The highest BCUT2D eigenvalue weighted by Crippen LogP contribution is 2.24. The number of likely N-dealkylation sites (tertiary alicyclic amines) is 1. The summed E-state index contributed by atoms with van der Waals surface area (Å²) in [6.45, 7) is 9.27. The predicted molar refractivity (Wildman–Crippen MR) is 113 cm³/mol. The van der Waals surface area contributed by atoms with Crippen LogP contribution in [0.1, 0.15) is 64.9 Å². The summed E-state index contributed by atoms with van der Waals surface area (Å²) in [5.41, 5.74) is 0.559. The monoisotopic (exact) mass is 425 g/mol. The smallest absolute Gasteiger partial charge is 0.410 e. The van der Waals surface area contributed by atoms with Crippen LogP contribution in [-0.4, -0.2) is 44.7 Å².